The largest absolute Gasteiger partial charge is 0.250 e. The Labute approximate surface area is 175 Å². The van der Waals surface area contributed by atoms with Crippen LogP contribution in [0.5, 0.6) is 0 Å². The predicted octanol–water partition coefficient (Wildman–Crippen LogP) is 3.62. The van der Waals surface area contributed by atoms with Crippen molar-refractivity contribution in [2.24, 2.45) is 0 Å². The van der Waals surface area contributed by atoms with Gasteiger partial charge >= 0.3 is 0 Å². The van der Waals surface area contributed by atoms with E-state index in [2.05, 4.69) is 4.72 Å². The van der Waals surface area contributed by atoms with E-state index in [0.29, 0.717) is 17.3 Å². The number of thiophene rings is 1. The molecule has 0 saturated carbocycles. The molecule has 1 aliphatic heterocycles. The predicted molar refractivity (Wildman–Crippen MR) is 112 cm³/mol. The summed E-state index contributed by atoms with van der Waals surface area (Å²) in [6.45, 7) is 2.53. The van der Waals surface area contributed by atoms with E-state index in [9.17, 15) is 16.8 Å². The molecule has 1 N–H and O–H groups in total. The number of hydrogen-bond acceptors (Lipinski definition) is 5. The molecule has 1 atom stereocenters. The van der Waals surface area contributed by atoms with Gasteiger partial charge in [-0.05, 0) is 50.5 Å². The second-order valence-corrected chi connectivity index (χ2v) is 12.4. The van der Waals surface area contributed by atoms with E-state index in [1.54, 1.807) is 24.3 Å². The van der Waals surface area contributed by atoms with Crippen molar-refractivity contribution in [1.82, 2.24) is 9.03 Å². The van der Waals surface area contributed by atoms with Crippen LogP contribution in [-0.2, 0) is 20.0 Å². The first-order chi connectivity index (χ1) is 13.2. The van der Waals surface area contributed by atoms with Gasteiger partial charge in [-0.3, -0.25) is 0 Å². The summed E-state index contributed by atoms with van der Waals surface area (Å²) in [6.07, 6.45) is 2.87. The fourth-order valence-electron chi connectivity index (χ4n) is 3.30. The molecule has 154 valence electrons. The van der Waals surface area contributed by atoms with Gasteiger partial charge in [-0.25, -0.2) is 21.6 Å². The molecule has 2 aromatic rings. The van der Waals surface area contributed by atoms with Crippen molar-refractivity contribution in [3.8, 4) is 0 Å². The van der Waals surface area contributed by atoms with Crippen LogP contribution < -0.4 is 4.72 Å². The minimum Gasteiger partial charge on any atom is -0.210 e. The summed E-state index contributed by atoms with van der Waals surface area (Å²) < 4.78 is 55.4. The van der Waals surface area contributed by atoms with Crippen molar-refractivity contribution in [2.45, 2.75) is 47.8 Å². The molecule has 0 radical (unpaired) electrons. The van der Waals surface area contributed by atoms with E-state index in [0.717, 1.165) is 36.2 Å². The van der Waals surface area contributed by atoms with Gasteiger partial charge in [-0.1, -0.05) is 35.7 Å². The van der Waals surface area contributed by atoms with Crippen LogP contribution in [0, 0.1) is 6.92 Å². The van der Waals surface area contributed by atoms with Crippen LogP contribution in [0.1, 0.15) is 31.2 Å². The number of aryl methyl sites for hydroxylation is 1. The first-order valence-electron chi connectivity index (χ1n) is 9.04. The summed E-state index contributed by atoms with van der Waals surface area (Å²) in [6, 6.07) is 9.59. The Morgan fingerprint density at radius 2 is 1.82 bits per heavy atom. The van der Waals surface area contributed by atoms with E-state index in [1.165, 1.54) is 16.4 Å². The number of hydrogen-bond donors (Lipinski definition) is 1. The lowest BCUT2D eigenvalue weighted by Crippen LogP contribution is -2.45. The smallest absolute Gasteiger partial charge is 0.210 e. The summed E-state index contributed by atoms with van der Waals surface area (Å²) in [5, 5.41) is 0. The van der Waals surface area contributed by atoms with Gasteiger partial charge in [0.2, 0.25) is 20.0 Å². The number of piperidine rings is 1. The standard InChI is InChI=1S/C18H23ClN2O4S3/c1-14-5-7-16(8-6-14)28(24,25)21-13-3-2-4-15(21)11-12-20-27(22,23)18-10-9-17(19)26-18/h5-10,15,20H,2-4,11-13H2,1H3. The van der Waals surface area contributed by atoms with Gasteiger partial charge in [0.05, 0.1) is 9.23 Å². The van der Waals surface area contributed by atoms with E-state index in [-0.39, 0.29) is 21.7 Å². The van der Waals surface area contributed by atoms with Crippen molar-refractivity contribution in [2.75, 3.05) is 13.1 Å². The number of rotatable bonds is 7. The van der Waals surface area contributed by atoms with Crippen molar-refractivity contribution >= 4 is 43.0 Å². The molecule has 2 heterocycles. The highest BCUT2D eigenvalue weighted by atomic mass is 35.5. The lowest BCUT2D eigenvalue weighted by Gasteiger charge is -2.34. The summed E-state index contributed by atoms with van der Waals surface area (Å²) in [5.41, 5.74) is 0.997. The molecule has 3 rings (SSSR count). The molecule has 1 aromatic carbocycles. The highest BCUT2D eigenvalue weighted by Gasteiger charge is 2.33. The van der Waals surface area contributed by atoms with Crippen LogP contribution in [0.15, 0.2) is 45.5 Å². The third kappa shape index (κ3) is 4.95. The van der Waals surface area contributed by atoms with E-state index in [1.807, 2.05) is 6.92 Å². The van der Waals surface area contributed by atoms with Gasteiger partial charge < -0.3 is 0 Å². The second-order valence-electron chi connectivity index (χ2n) is 6.82. The maximum absolute atomic E-state index is 13.1. The molecular weight excluding hydrogens is 440 g/mol. The molecule has 28 heavy (non-hydrogen) atoms. The highest BCUT2D eigenvalue weighted by molar-refractivity contribution is 7.91. The number of nitrogens with zero attached hydrogens (tertiary/aromatic N) is 1. The molecule has 10 heteroatoms. The molecule has 1 fully saturated rings. The maximum Gasteiger partial charge on any atom is 0.250 e. The highest BCUT2D eigenvalue weighted by Crippen LogP contribution is 2.28. The van der Waals surface area contributed by atoms with Gasteiger partial charge in [-0.2, -0.15) is 4.31 Å². The van der Waals surface area contributed by atoms with Crippen molar-refractivity contribution in [1.29, 1.82) is 0 Å². The summed E-state index contributed by atoms with van der Waals surface area (Å²) in [4.78, 5) is 0.277. The first-order valence-corrected chi connectivity index (χ1v) is 13.2. The zero-order valence-corrected chi connectivity index (χ0v) is 18.7. The molecule has 1 aromatic heterocycles. The molecule has 1 saturated heterocycles. The Bertz CT molecular complexity index is 1020. The van der Waals surface area contributed by atoms with Gasteiger partial charge in [0.1, 0.15) is 4.21 Å². The fraction of sp³-hybridized carbons (Fsp3) is 0.444. The van der Waals surface area contributed by atoms with Crippen LogP contribution in [-0.4, -0.2) is 40.3 Å². The quantitative estimate of drug-likeness (QED) is 0.681. The maximum atomic E-state index is 13.1. The molecule has 1 aliphatic rings. The second kappa shape index (κ2) is 8.81. The number of benzene rings is 1. The van der Waals surface area contributed by atoms with Crippen LogP contribution in [0.3, 0.4) is 0 Å². The average molecular weight is 463 g/mol. The van der Waals surface area contributed by atoms with Crippen LogP contribution in [0.25, 0.3) is 0 Å². The Kier molecular flexibility index (Phi) is 6.84. The average Bonchev–Trinajstić information content (AvgIpc) is 3.10. The Morgan fingerprint density at radius 1 is 1.11 bits per heavy atom. The van der Waals surface area contributed by atoms with E-state index < -0.39 is 20.0 Å². The molecule has 0 bridgehead atoms. The van der Waals surface area contributed by atoms with Crippen LogP contribution in [0.2, 0.25) is 4.34 Å². The zero-order valence-electron chi connectivity index (χ0n) is 15.5. The molecule has 0 spiro atoms. The van der Waals surface area contributed by atoms with Crippen molar-refractivity contribution < 1.29 is 16.8 Å². The van der Waals surface area contributed by atoms with Gasteiger partial charge in [0.15, 0.2) is 0 Å². The molecular formula is C18H23ClN2O4S3. The molecule has 6 nitrogen and oxygen atoms in total. The Hall–Kier alpha value is -0.970. The Balaban J connectivity index is 1.69. The van der Waals surface area contributed by atoms with Gasteiger partial charge in [0.25, 0.3) is 0 Å². The Morgan fingerprint density at radius 3 is 2.46 bits per heavy atom. The summed E-state index contributed by atoms with van der Waals surface area (Å²) >= 11 is 6.80. The van der Waals surface area contributed by atoms with Gasteiger partial charge in [-0.15, -0.1) is 11.3 Å². The minimum atomic E-state index is -3.63. The zero-order chi connectivity index (χ0) is 20.4. The van der Waals surface area contributed by atoms with Crippen LogP contribution in [0.4, 0.5) is 0 Å². The first kappa shape index (κ1) is 21.7. The van der Waals surface area contributed by atoms with Crippen molar-refractivity contribution in [3.05, 3.63) is 46.3 Å². The minimum absolute atomic E-state index is 0.158. The third-order valence-corrected chi connectivity index (χ3v) is 9.93. The normalized spacial score (nSPS) is 19.0. The fourth-order valence-corrected chi connectivity index (χ4v) is 7.60. The lowest BCUT2D eigenvalue weighted by atomic mass is 10.0. The molecule has 0 amide bonds. The van der Waals surface area contributed by atoms with Gasteiger partial charge in [0, 0.05) is 19.1 Å². The number of nitrogens with one attached hydrogen (secondary N) is 1. The number of sulfonamides is 2. The van der Waals surface area contributed by atoms with E-state index in [4.69, 9.17) is 11.6 Å². The summed E-state index contributed by atoms with van der Waals surface area (Å²) in [5.74, 6) is 0. The number of halogens is 1. The van der Waals surface area contributed by atoms with E-state index >= 15 is 0 Å². The monoisotopic (exact) mass is 462 g/mol. The van der Waals surface area contributed by atoms with Crippen LogP contribution >= 0.6 is 22.9 Å². The topological polar surface area (TPSA) is 83.6 Å². The lowest BCUT2D eigenvalue weighted by molar-refractivity contribution is 0.242. The SMILES string of the molecule is Cc1ccc(S(=O)(=O)N2CCCCC2CCNS(=O)(=O)c2ccc(Cl)s2)cc1. The third-order valence-electron chi connectivity index (χ3n) is 4.78. The molecule has 0 aliphatic carbocycles. The molecule has 1 unspecified atom stereocenters. The van der Waals surface area contributed by atoms with Crippen molar-refractivity contribution in [3.63, 3.8) is 0 Å². The summed E-state index contributed by atoms with van der Waals surface area (Å²) in [7, 11) is -7.24.